The molecule has 0 aromatic carbocycles. The molecule has 1 aliphatic heterocycles. The molecule has 1 N–H and O–H groups in total. The Morgan fingerprint density at radius 1 is 1.38 bits per heavy atom. The molecule has 1 saturated heterocycles. The minimum atomic E-state index is -3.02. The van der Waals surface area contributed by atoms with Gasteiger partial charge < -0.3 is 10.2 Å². The molecular weight excluding hydrogens is 292 g/mol. The van der Waals surface area contributed by atoms with Gasteiger partial charge in [-0.25, -0.2) is 8.42 Å². The maximum Gasteiger partial charge on any atom is 0.226 e. The van der Waals surface area contributed by atoms with E-state index in [0.717, 1.165) is 0 Å². The second kappa shape index (κ2) is 6.17. The van der Waals surface area contributed by atoms with E-state index in [1.165, 1.54) is 0 Å². The summed E-state index contributed by atoms with van der Waals surface area (Å²) in [6.07, 6.45) is 2.65. The first-order chi connectivity index (χ1) is 9.89. The largest absolute Gasteiger partial charge is 0.352 e. The van der Waals surface area contributed by atoms with Crippen molar-refractivity contribution in [3.05, 3.63) is 12.7 Å². The van der Waals surface area contributed by atoms with Gasteiger partial charge in [0.15, 0.2) is 9.84 Å². The van der Waals surface area contributed by atoms with Crippen LogP contribution < -0.4 is 5.32 Å². The molecule has 6 nitrogen and oxygen atoms in total. The Labute approximate surface area is 125 Å². The summed E-state index contributed by atoms with van der Waals surface area (Å²) in [6, 6.07) is -0.231. The van der Waals surface area contributed by atoms with Gasteiger partial charge in [0.05, 0.1) is 23.3 Å². The fraction of sp³-hybridized carbons (Fsp3) is 0.714. The number of nitrogens with zero attached hydrogens (tertiary/aromatic N) is 1. The summed E-state index contributed by atoms with van der Waals surface area (Å²) in [5, 5.41) is 2.70. The maximum atomic E-state index is 12.5. The molecule has 2 amide bonds. The van der Waals surface area contributed by atoms with Crippen molar-refractivity contribution >= 4 is 21.7 Å². The van der Waals surface area contributed by atoms with Gasteiger partial charge in [0.25, 0.3) is 0 Å². The number of carbonyl (C=O) groups excluding carboxylic acids is 2. The first-order valence-electron chi connectivity index (χ1n) is 7.29. The summed E-state index contributed by atoms with van der Waals surface area (Å²) in [5.41, 5.74) is 0. The third-order valence-corrected chi connectivity index (χ3v) is 5.89. The van der Waals surface area contributed by atoms with Crippen LogP contribution in [0.4, 0.5) is 0 Å². The van der Waals surface area contributed by atoms with Crippen LogP contribution in [0.5, 0.6) is 0 Å². The van der Waals surface area contributed by atoms with Crippen LogP contribution in [-0.4, -0.2) is 55.8 Å². The standard InChI is InChI=1S/C14H22N2O4S/c1-3-6-15-13(17)11-8-12(11)14(18)16(4-2)10-5-7-21(19,20)9-10/h3,10-12H,1,4-9H2,2H3,(H,15,17). The van der Waals surface area contributed by atoms with Gasteiger partial charge in [-0.1, -0.05) is 6.08 Å². The molecule has 2 aliphatic rings. The highest BCUT2D eigenvalue weighted by atomic mass is 32.2. The van der Waals surface area contributed by atoms with Gasteiger partial charge in [0.2, 0.25) is 11.8 Å². The molecule has 3 atom stereocenters. The molecule has 0 aromatic heterocycles. The first-order valence-corrected chi connectivity index (χ1v) is 9.11. The van der Waals surface area contributed by atoms with Crippen molar-refractivity contribution in [2.24, 2.45) is 11.8 Å². The number of hydrogen-bond acceptors (Lipinski definition) is 4. The lowest BCUT2D eigenvalue weighted by atomic mass is 10.2. The molecular formula is C14H22N2O4S. The first kappa shape index (κ1) is 16.0. The fourth-order valence-corrected chi connectivity index (χ4v) is 4.62. The lowest BCUT2D eigenvalue weighted by Crippen LogP contribution is -2.42. The highest BCUT2D eigenvalue weighted by Gasteiger charge is 2.50. The zero-order chi connectivity index (χ0) is 15.6. The summed E-state index contributed by atoms with van der Waals surface area (Å²) in [5.74, 6) is -0.577. The van der Waals surface area contributed by atoms with Crippen LogP contribution in [-0.2, 0) is 19.4 Å². The predicted octanol–water partition coefficient (Wildman–Crippen LogP) is -0.0397. The molecule has 0 radical (unpaired) electrons. The average Bonchev–Trinajstić information content (AvgIpc) is 3.16. The molecule has 21 heavy (non-hydrogen) atoms. The van der Waals surface area contributed by atoms with Gasteiger partial charge in [-0.05, 0) is 19.8 Å². The molecule has 0 aromatic rings. The molecule has 0 spiro atoms. The van der Waals surface area contributed by atoms with Gasteiger partial charge in [0, 0.05) is 19.1 Å². The van der Waals surface area contributed by atoms with Crippen molar-refractivity contribution in [3.8, 4) is 0 Å². The van der Waals surface area contributed by atoms with E-state index in [2.05, 4.69) is 11.9 Å². The van der Waals surface area contributed by atoms with Crippen molar-refractivity contribution in [2.75, 3.05) is 24.6 Å². The molecule has 0 bridgehead atoms. The number of nitrogens with one attached hydrogen (secondary N) is 1. The number of hydrogen-bond donors (Lipinski definition) is 1. The van der Waals surface area contributed by atoms with E-state index in [0.29, 0.717) is 25.9 Å². The molecule has 1 aliphatic carbocycles. The zero-order valence-electron chi connectivity index (χ0n) is 12.2. The Hall–Kier alpha value is -1.37. The number of carbonyl (C=O) groups is 2. The van der Waals surface area contributed by atoms with Crippen LogP contribution >= 0.6 is 0 Å². The number of amides is 2. The highest BCUT2D eigenvalue weighted by Crippen LogP contribution is 2.41. The molecule has 1 saturated carbocycles. The quantitative estimate of drug-likeness (QED) is 0.697. The number of sulfone groups is 1. The lowest BCUT2D eigenvalue weighted by Gasteiger charge is -2.27. The van der Waals surface area contributed by atoms with Crippen LogP contribution in [0.2, 0.25) is 0 Å². The van der Waals surface area contributed by atoms with Crippen LogP contribution in [0.25, 0.3) is 0 Å². The van der Waals surface area contributed by atoms with E-state index in [-0.39, 0.29) is 41.2 Å². The van der Waals surface area contributed by atoms with Gasteiger partial charge >= 0.3 is 0 Å². The Morgan fingerprint density at radius 2 is 2.10 bits per heavy atom. The molecule has 7 heteroatoms. The molecule has 2 rings (SSSR count). The Morgan fingerprint density at radius 3 is 2.62 bits per heavy atom. The van der Waals surface area contributed by atoms with Crippen LogP contribution in [0.3, 0.4) is 0 Å². The monoisotopic (exact) mass is 314 g/mol. The molecule has 118 valence electrons. The maximum absolute atomic E-state index is 12.5. The number of rotatable bonds is 6. The Balaban J connectivity index is 1.93. The van der Waals surface area contributed by atoms with E-state index in [4.69, 9.17) is 0 Å². The predicted molar refractivity (Wildman–Crippen MR) is 79.2 cm³/mol. The van der Waals surface area contributed by atoms with E-state index < -0.39 is 9.84 Å². The third kappa shape index (κ3) is 3.64. The highest BCUT2D eigenvalue weighted by molar-refractivity contribution is 7.91. The van der Waals surface area contributed by atoms with Crippen LogP contribution in [0.15, 0.2) is 12.7 Å². The van der Waals surface area contributed by atoms with E-state index in [1.54, 1.807) is 11.0 Å². The lowest BCUT2D eigenvalue weighted by molar-refractivity contribution is -0.136. The summed E-state index contributed by atoms with van der Waals surface area (Å²) >= 11 is 0. The summed E-state index contributed by atoms with van der Waals surface area (Å²) in [6.45, 7) is 6.25. The van der Waals surface area contributed by atoms with Crippen molar-refractivity contribution in [2.45, 2.75) is 25.8 Å². The van der Waals surface area contributed by atoms with Crippen molar-refractivity contribution in [1.29, 1.82) is 0 Å². The third-order valence-electron chi connectivity index (χ3n) is 4.14. The average molecular weight is 314 g/mol. The second-order valence-corrected chi connectivity index (χ2v) is 7.89. The Kier molecular flexibility index (Phi) is 4.70. The van der Waals surface area contributed by atoms with Crippen LogP contribution in [0.1, 0.15) is 19.8 Å². The molecule has 2 fully saturated rings. The van der Waals surface area contributed by atoms with E-state index in [1.807, 2.05) is 6.92 Å². The van der Waals surface area contributed by atoms with E-state index >= 15 is 0 Å². The van der Waals surface area contributed by atoms with Crippen molar-refractivity contribution in [1.82, 2.24) is 10.2 Å². The van der Waals surface area contributed by atoms with Gasteiger partial charge in [-0.15, -0.1) is 6.58 Å². The minimum absolute atomic E-state index is 0.0482. The second-order valence-electron chi connectivity index (χ2n) is 5.66. The summed E-state index contributed by atoms with van der Waals surface area (Å²) < 4.78 is 23.1. The van der Waals surface area contributed by atoms with Gasteiger partial charge in [0.1, 0.15) is 0 Å². The van der Waals surface area contributed by atoms with Crippen molar-refractivity contribution < 1.29 is 18.0 Å². The Bertz CT molecular complexity index is 543. The zero-order valence-corrected chi connectivity index (χ0v) is 13.1. The molecule has 3 unspecified atom stereocenters. The smallest absolute Gasteiger partial charge is 0.226 e. The molecule has 1 heterocycles. The normalized spacial score (nSPS) is 29.7. The summed E-state index contributed by atoms with van der Waals surface area (Å²) in [4.78, 5) is 25.9. The summed E-state index contributed by atoms with van der Waals surface area (Å²) in [7, 11) is -3.02. The fourth-order valence-electron chi connectivity index (χ4n) is 2.89. The van der Waals surface area contributed by atoms with Crippen LogP contribution in [0, 0.1) is 11.8 Å². The van der Waals surface area contributed by atoms with E-state index in [9.17, 15) is 18.0 Å². The van der Waals surface area contributed by atoms with Gasteiger partial charge in [-0.3, -0.25) is 9.59 Å². The van der Waals surface area contributed by atoms with Crippen molar-refractivity contribution in [3.63, 3.8) is 0 Å². The van der Waals surface area contributed by atoms with Gasteiger partial charge in [-0.2, -0.15) is 0 Å². The minimum Gasteiger partial charge on any atom is -0.352 e. The SMILES string of the molecule is C=CCNC(=O)C1CC1C(=O)N(CC)C1CCS(=O)(=O)C1. The topological polar surface area (TPSA) is 83.6 Å².